The van der Waals surface area contributed by atoms with Gasteiger partial charge >= 0.3 is 5.97 Å². The summed E-state index contributed by atoms with van der Waals surface area (Å²) in [4.78, 5) is 27.0. The first-order valence-electron chi connectivity index (χ1n) is 8.29. The minimum Gasteiger partial charge on any atom is -0.467 e. The third-order valence-electron chi connectivity index (χ3n) is 4.63. The zero-order valence-corrected chi connectivity index (χ0v) is 15.0. The summed E-state index contributed by atoms with van der Waals surface area (Å²) in [6.45, 7) is 5.63. The van der Waals surface area contributed by atoms with Gasteiger partial charge in [0.2, 0.25) is 5.91 Å². The van der Waals surface area contributed by atoms with Crippen LogP contribution in [-0.2, 0) is 14.3 Å². The molecule has 1 aliphatic heterocycles. The van der Waals surface area contributed by atoms with E-state index >= 15 is 0 Å². The van der Waals surface area contributed by atoms with Crippen molar-refractivity contribution in [2.45, 2.75) is 44.7 Å². The largest absolute Gasteiger partial charge is 0.467 e. The van der Waals surface area contributed by atoms with Crippen molar-refractivity contribution in [3.05, 3.63) is 47.5 Å². The molecule has 3 unspecified atom stereocenters. The van der Waals surface area contributed by atoms with Crippen LogP contribution in [0.1, 0.15) is 44.2 Å². The van der Waals surface area contributed by atoms with Gasteiger partial charge in [0, 0.05) is 10.9 Å². The summed E-state index contributed by atoms with van der Waals surface area (Å²) in [6.07, 6.45) is 4.50. The molecule has 0 aliphatic carbocycles. The molecule has 1 amide bonds. The first-order valence-corrected chi connectivity index (χ1v) is 8.67. The number of esters is 1. The SMILES string of the molecule is C=CCC1CCC(c2ccc(Cl)cc2)N(C(CC)C(=O)OC)C1=O. The molecule has 3 atom stereocenters. The Hall–Kier alpha value is -1.81. The second kappa shape index (κ2) is 8.34. The first-order chi connectivity index (χ1) is 11.5. The number of methoxy groups -OCH3 is 1. The number of benzene rings is 1. The van der Waals surface area contributed by atoms with E-state index in [0.29, 0.717) is 17.9 Å². The molecule has 2 rings (SSSR count). The van der Waals surface area contributed by atoms with Gasteiger partial charge in [0.15, 0.2) is 0 Å². The molecule has 24 heavy (non-hydrogen) atoms. The molecule has 0 bridgehead atoms. The van der Waals surface area contributed by atoms with Gasteiger partial charge in [-0.25, -0.2) is 4.79 Å². The normalized spacial score (nSPS) is 22.1. The second-order valence-corrected chi connectivity index (χ2v) is 6.50. The second-order valence-electron chi connectivity index (χ2n) is 6.06. The van der Waals surface area contributed by atoms with Crippen LogP contribution in [0.15, 0.2) is 36.9 Å². The van der Waals surface area contributed by atoms with E-state index in [-0.39, 0.29) is 23.8 Å². The van der Waals surface area contributed by atoms with Crippen LogP contribution in [0.3, 0.4) is 0 Å². The molecule has 0 saturated carbocycles. The van der Waals surface area contributed by atoms with Crippen molar-refractivity contribution < 1.29 is 14.3 Å². The van der Waals surface area contributed by atoms with Gasteiger partial charge in [-0.3, -0.25) is 4.79 Å². The van der Waals surface area contributed by atoms with Crippen molar-refractivity contribution in [1.82, 2.24) is 4.90 Å². The molecule has 4 nitrogen and oxygen atoms in total. The standard InChI is InChI=1S/C19H24ClNO3/c1-4-6-14-9-12-17(13-7-10-15(20)11-8-13)21(18(14)22)16(5-2)19(23)24-3/h4,7-8,10-11,14,16-17H,1,5-6,9,12H2,2-3H3. The molecule has 1 saturated heterocycles. The predicted octanol–water partition coefficient (Wildman–Crippen LogP) is 4.15. The molecule has 0 radical (unpaired) electrons. The van der Waals surface area contributed by atoms with Crippen molar-refractivity contribution in [3.63, 3.8) is 0 Å². The van der Waals surface area contributed by atoms with E-state index in [9.17, 15) is 9.59 Å². The van der Waals surface area contributed by atoms with Gasteiger partial charge in [0.25, 0.3) is 0 Å². The number of rotatable bonds is 6. The molecule has 0 N–H and O–H groups in total. The highest BCUT2D eigenvalue weighted by Gasteiger charge is 2.41. The van der Waals surface area contributed by atoms with E-state index in [4.69, 9.17) is 16.3 Å². The number of carbonyl (C=O) groups is 2. The number of halogens is 1. The fourth-order valence-electron chi connectivity index (χ4n) is 3.40. The summed E-state index contributed by atoms with van der Waals surface area (Å²) in [5.74, 6) is -0.493. The summed E-state index contributed by atoms with van der Waals surface area (Å²) >= 11 is 5.98. The Morgan fingerprint density at radius 1 is 1.42 bits per heavy atom. The molecule has 130 valence electrons. The van der Waals surface area contributed by atoms with Gasteiger partial charge in [0.05, 0.1) is 13.2 Å². The maximum Gasteiger partial charge on any atom is 0.328 e. The van der Waals surface area contributed by atoms with Crippen LogP contribution in [-0.4, -0.2) is 29.9 Å². The highest BCUT2D eigenvalue weighted by Crippen LogP contribution is 2.38. The third kappa shape index (κ3) is 3.81. The maximum atomic E-state index is 13.0. The van der Waals surface area contributed by atoms with Gasteiger partial charge in [-0.15, -0.1) is 6.58 Å². The number of carbonyl (C=O) groups excluding carboxylic acids is 2. The maximum absolute atomic E-state index is 13.0. The lowest BCUT2D eigenvalue weighted by Crippen LogP contribution is -2.52. The molecule has 0 spiro atoms. The highest BCUT2D eigenvalue weighted by atomic mass is 35.5. The van der Waals surface area contributed by atoms with Crippen molar-refractivity contribution in [1.29, 1.82) is 0 Å². The number of hydrogen-bond donors (Lipinski definition) is 0. The highest BCUT2D eigenvalue weighted by molar-refractivity contribution is 6.30. The summed E-state index contributed by atoms with van der Waals surface area (Å²) < 4.78 is 4.93. The lowest BCUT2D eigenvalue weighted by Gasteiger charge is -2.42. The van der Waals surface area contributed by atoms with Crippen LogP contribution in [0, 0.1) is 5.92 Å². The molecular formula is C19H24ClNO3. The smallest absolute Gasteiger partial charge is 0.328 e. The van der Waals surface area contributed by atoms with E-state index in [0.717, 1.165) is 18.4 Å². The van der Waals surface area contributed by atoms with Crippen LogP contribution in [0.2, 0.25) is 5.02 Å². The number of nitrogens with zero attached hydrogens (tertiary/aromatic N) is 1. The van der Waals surface area contributed by atoms with Crippen molar-refractivity contribution in [3.8, 4) is 0 Å². The molecule has 1 fully saturated rings. The predicted molar refractivity (Wildman–Crippen MR) is 94.7 cm³/mol. The zero-order chi connectivity index (χ0) is 17.7. The molecular weight excluding hydrogens is 326 g/mol. The molecule has 1 aromatic carbocycles. The quantitative estimate of drug-likeness (QED) is 0.572. The van der Waals surface area contributed by atoms with Crippen molar-refractivity contribution in [2.24, 2.45) is 5.92 Å². The van der Waals surface area contributed by atoms with Crippen LogP contribution < -0.4 is 0 Å². The number of hydrogen-bond acceptors (Lipinski definition) is 3. The van der Waals surface area contributed by atoms with Crippen LogP contribution in [0.5, 0.6) is 0 Å². The molecule has 1 heterocycles. The Kier molecular flexibility index (Phi) is 6.44. The van der Waals surface area contributed by atoms with E-state index in [2.05, 4.69) is 6.58 Å². The molecule has 5 heteroatoms. The summed E-state index contributed by atoms with van der Waals surface area (Å²) in [5.41, 5.74) is 0.993. The minimum absolute atomic E-state index is 0.00153. The number of allylic oxidation sites excluding steroid dienone is 1. The first kappa shape index (κ1) is 18.5. The van der Waals surface area contributed by atoms with Gasteiger partial charge in [0.1, 0.15) is 6.04 Å². The lowest BCUT2D eigenvalue weighted by molar-refractivity contribution is -0.160. The van der Waals surface area contributed by atoms with Gasteiger partial charge < -0.3 is 9.64 Å². The monoisotopic (exact) mass is 349 g/mol. The van der Waals surface area contributed by atoms with Crippen LogP contribution in [0.25, 0.3) is 0 Å². The van der Waals surface area contributed by atoms with Crippen LogP contribution >= 0.6 is 11.6 Å². The Labute approximate surface area is 148 Å². The number of amides is 1. The van der Waals surface area contributed by atoms with E-state index in [1.807, 2.05) is 31.2 Å². The van der Waals surface area contributed by atoms with E-state index in [1.165, 1.54) is 7.11 Å². The number of ether oxygens (including phenoxy) is 1. The number of likely N-dealkylation sites (tertiary alicyclic amines) is 1. The summed E-state index contributed by atoms with van der Waals surface area (Å²) in [6, 6.07) is 6.76. The van der Waals surface area contributed by atoms with Gasteiger partial charge in [-0.05, 0) is 43.4 Å². The fourth-order valence-corrected chi connectivity index (χ4v) is 3.53. The Morgan fingerprint density at radius 2 is 2.08 bits per heavy atom. The van der Waals surface area contributed by atoms with Crippen molar-refractivity contribution in [2.75, 3.05) is 7.11 Å². The number of piperidine rings is 1. The zero-order valence-electron chi connectivity index (χ0n) is 14.2. The minimum atomic E-state index is -0.573. The fraction of sp³-hybridized carbons (Fsp3) is 0.474. The summed E-state index contributed by atoms with van der Waals surface area (Å²) in [5, 5.41) is 0.650. The Balaban J connectivity index is 2.40. The van der Waals surface area contributed by atoms with E-state index in [1.54, 1.807) is 11.0 Å². The van der Waals surface area contributed by atoms with Gasteiger partial charge in [-0.1, -0.05) is 36.7 Å². The van der Waals surface area contributed by atoms with E-state index < -0.39 is 6.04 Å². The molecule has 0 aromatic heterocycles. The van der Waals surface area contributed by atoms with Crippen molar-refractivity contribution >= 4 is 23.5 Å². The topological polar surface area (TPSA) is 46.6 Å². The van der Waals surface area contributed by atoms with Gasteiger partial charge in [-0.2, -0.15) is 0 Å². The summed E-state index contributed by atoms with van der Waals surface area (Å²) in [7, 11) is 1.36. The third-order valence-corrected chi connectivity index (χ3v) is 4.88. The average molecular weight is 350 g/mol. The Morgan fingerprint density at radius 3 is 2.62 bits per heavy atom. The lowest BCUT2D eigenvalue weighted by atomic mass is 9.85. The van der Waals surface area contributed by atoms with Crippen LogP contribution in [0.4, 0.5) is 0 Å². The molecule has 1 aliphatic rings. The Bertz CT molecular complexity index is 599. The molecule has 1 aromatic rings. The average Bonchev–Trinajstić information content (AvgIpc) is 2.59.